The van der Waals surface area contributed by atoms with Crippen LogP contribution < -0.4 is 5.84 Å². The van der Waals surface area contributed by atoms with Crippen molar-refractivity contribution in [3.63, 3.8) is 0 Å². The first kappa shape index (κ1) is 8.44. The molecule has 3 N–H and O–H groups in total. The Morgan fingerprint density at radius 3 is 2.92 bits per heavy atom. The van der Waals surface area contributed by atoms with Crippen LogP contribution >= 0.6 is 0 Å². The predicted molar refractivity (Wildman–Crippen MR) is 38.5 cm³/mol. The summed E-state index contributed by atoms with van der Waals surface area (Å²) in [5.41, 5.74) is 0. The van der Waals surface area contributed by atoms with Gasteiger partial charge >= 0.3 is 5.97 Å². The minimum Gasteiger partial charge on any atom is -0.481 e. The van der Waals surface area contributed by atoms with E-state index in [2.05, 4.69) is 15.4 Å². The largest absolute Gasteiger partial charge is 0.481 e. The van der Waals surface area contributed by atoms with Crippen molar-refractivity contribution in [2.75, 3.05) is 5.84 Å². The van der Waals surface area contributed by atoms with Gasteiger partial charge in [-0.2, -0.15) is 0 Å². The summed E-state index contributed by atoms with van der Waals surface area (Å²) in [6.07, 6.45) is 1.10. The molecule has 0 aliphatic carbocycles. The summed E-state index contributed by atoms with van der Waals surface area (Å²) >= 11 is 0. The highest BCUT2D eigenvalue weighted by molar-refractivity contribution is 5.66. The quantitative estimate of drug-likeness (QED) is 0.550. The molecule has 7 heteroatoms. The van der Waals surface area contributed by atoms with Crippen LogP contribution in [-0.2, 0) is 11.2 Å². The molecule has 7 nitrogen and oxygen atoms in total. The first-order valence-electron chi connectivity index (χ1n) is 3.44. The van der Waals surface area contributed by atoms with Crippen LogP contribution in [-0.4, -0.2) is 31.4 Å². The van der Waals surface area contributed by atoms with Crippen molar-refractivity contribution in [1.82, 2.24) is 20.3 Å². The van der Waals surface area contributed by atoms with E-state index in [1.54, 1.807) is 0 Å². The Bertz CT molecular complexity index is 271. The number of carboxylic acid groups (broad SMARTS) is 1. The van der Waals surface area contributed by atoms with Crippen LogP contribution in [0.4, 0.5) is 0 Å². The van der Waals surface area contributed by atoms with Crippen LogP contribution in [0, 0.1) is 0 Å². The summed E-state index contributed by atoms with van der Waals surface area (Å²) in [6, 6.07) is 0. The second-order valence-electron chi connectivity index (χ2n) is 2.27. The number of nitrogens with zero attached hydrogens (tertiary/aromatic N) is 4. The molecule has 1 aromatic heterocycles. The second kappa shape index (κ2) is 3.65. The Morgan fingerprint density at radius 1 is 1.67 bits per heavy atom. The molecule has 0 radical (unpaired) electrons. The highest BCUT2D eigenvalue weighted by atomic mass is 16.4. The van der Waals surface area contributed by atoms with Gasteiger partial charge in [-0.25, -0.2) is 0 Å². The summed E-state index contributed by atoms with van der Waals surface area (Å²) in [5.74, 6) is 4.77. The number of rotatable bonds is 4. The number of nitrogens with two attached hydrogens (primary N) is 1. The number of carboxylic acids is 1. The highest BCUT2D eigenvalue weighted by Crippen LogP contribution is 1.96. The Labute approximate surface area is 68.1 Å². The SMILES string of the molecule is Nn1nnc(CCCC(=O)O)n1. The van der Waals surface area contributed by atoms with Gasteiger partial charge in [-0.3, -0.25) is 4.79 Å². The van der Waals surface area contributed by atoms with Crippen molar-refractivity contribution in [2.45, 2.75) is 19.3 Å². The molecule has 0 aliphatic heterocycles. The molecule has 0 atom stereocenters. The summed E-state index contributed by atoms with van der Waals surface area (Å²) < 4.78 is 0. The van der Waals surface area contributed by atoms with Crippen molar-refractivity contribution in [2.24, 2.45) is 0 Å². The molecule has 0 aromatic carbocycles. The molecular weight excluding hydrogens is 162 g/mol. The molecule has 1 heterocycles. The minimum atomic E-state index is -0.824. The second-order valence-corrected chi connectivity index (χ2v) is 2.27. The predicted octanol–water partition coefficient (Wildman–Crippen LogP) is -1.21. The lowest BCUT2D eigenvalue weighted by molar-refractivity contribution is -0.137. The number of hydrogen-bond acceptors (Lipinski definition) is 5. The summed E-state index contributed by atoms with van der Waals surface area (Å²) in [7, 11) is 0. The van der Waals surface area contributed by atoms with Gasteiger partial charge in [-0.15, -0.1) is 10.2 Å². The standard InChI is InChI=1S/C5H9N5O2/c6-10-8-4(7-9-10)2-1-3-5(11)12/h1-3,6H2,(H,11,12). The van der Waals surface area contributed by atoms with Gasteiger partial charge in [0.25, 0.3) is 0 Å². The fourth-order valence-electron chi connectivity index (χ4n) is 0.753. The van der Waals surface area contributed by atoms with Gasteiger partial charge in [0, 0.05) is 12.8 Å². The fourth-order valence-corrected chi connectivity index (χ4v) is 0.753. The molecule has 12 heavy (non-hydrogen) atoms. The smallest absolute Gasteiger partial charge is 0.303 e. The normalized spacial score (nSPS) is 10.0. The van der Waals surface area contributed by atoms with E-state index < -0.39 is 5.97 Å². The van der Waals surface area contributed by atoms with E-state index in [1.165, 1.54) is 0 Å². The molecule has 0 unspecified atom stereocenters. The van der Waals surface area contributed by atoms with Crippen LogP contribution in [0.2, 0.25) is 0 Å². The zero-order valence-electron chi connectivity index (χ0n) is 6.34. The molecular formula is C5H9N5O2. The zero-order chi connectivity index (χ0) is 8.97. The van der Waals surface area contributed by atoms with Gasteiger partial charge in [-0.1, -0.05) is 4.91 Å². The third-order valence-corrected chi connectivity index (χ3v) is 1.26. The van der Waals surface area contributed by atoms with E-state index in [0.717, 1.165) is 4.91 Å². The lowest BCUT2D eigenvalue weighted by atomic mass is 10.2. The molecule has 0 saturated carbocycles. The van der Waals surface area contributed by atoms with Crippen LogP contribution in [0.3, 0.4) is 0 Å². The maximum atomic E-state index is 10.1. The van der Waals surface area contributed by atoms with Gasteiger partial charge in [0.15, 0.2) is 5.82 Å². The number of carbonyl (C=O) groups is 1. The zero-order valence-corrected chi connectivity index (χ0v) is 6.34. The average molecular weight is 171 g/mol. The van der Waals surface area contributed by atoms with Gasteiger partial charge in [0.1, 0.15) is 0 Å². The maximum Gasteiger partial charge on any atom is 0.303 e. The van der Waals surface area contributed by atoms with Crippen molar-refractivity contribution in [3.05, 3.63) is 5.82 Å². The van der Waals surface area contributed by atoms with E-state index >= 15 is 0 Å². The van der Waals surface area contributed by atoms with E-state index in [4.69, 9.17) is 10.9 Å². The third-order valence-electron chi connectivity index (χ3n) is 1.26. The summed E-state index contributed by atoms with van der Waals surface area (Å²) in [4.78, 5) is 11.0. The Balaban J connectivity index is 2.29. The highest BCUT2D eigenvalue weighted by Gasteiger charge is 2.02. The van der Waals surface area contributed by atoms with Crippen molar-refractivity contribution in [3.8, 4) is 0 Å². The number of aliphatic carboxylic acids is 1. The molecule has 0 saturated heterocycles. The van der Waals surface area contributed by atoms with Crippen molar-refractivity contribution in [1.29, 1.82) is 0 Å². The summed E-state index contributed by atoms with van der Waals surface area (Å²) in [6.45, 7) is 0. The number of nitrogen functional groups attached to an aromatic ring is 1. The number of hydrogen-bond donors (Lipinski definition) is 2. The Hall–Kier alpha value is -1.66. The summed E-state index contributed by atoms with van der Waals surface area (Å²) in [5, 5.41) is 19.0. The van der Waals surface area contributed by atoms with E-state index in [1.807, 2.05) is 0 Å². The van der Waals surface area contributed by atoms with Crippen LogP contribution in [0.5, 0.6) is 0 Å². The molecule has 0 fully saturated rings. The minimum absolute atomic E-state index is 0.110. The molecule has 0 aliphatic rings. The molecule has 66 valence electrons. The number of aromatic nitrogens is 4. The third kappa shape index (κ3) is 2.52. The van der Waals surface area contributed by atoms with Crippen LogP contribution in [0.15, 0.2) is 0 Å². The van der Waals surface area contributed by atoms with Gasteiger partial charge in [0.2, 0.25) is 0 Å². The topological polar surface area (TPSA) is 107 Å². The van der Waals surface area contributed by atoms with Gasteiger partial charge in [0.05, 0.1) is 0 Å². The lowest BCUT2D eigenvalue weighted by Crippen LogP contribution is -2.12. The first-order chi connectivity index (χ1) is 5.68. The molecule has 0 spiro atoms. The Kier molecular flexibility index (Phi) is 2.57. The molecule has 1 aromatic rings. The lowest BCUT2D eigenvalue weighted by Gasteiger charge is -1.90. The van der Waals surface area contributed by atoms with Gasteiger partial charge in [-0.05, 0) is 11.6 Å². The fraction of sp³-hybridized carbons (Fsp3) is 0.600. The number of aryl methyl sites for hydroxylation is 1. The van der Waals surface area contributed by atoms with Crippen LogP contribution in [0.1, 0.15) is 18.7 Å². The van der Waals surface area contributed by atoms with E-state index in [9.17, 15) is 4.79 Å². The molecule has 0 amide bonds. The van der Waals surface area contributed by atoms with E-state index in [0.29, 0.717) is 18.7 Å². The average Bonchev–Trinajstić information content (AvgIpc) is 2.35. The number of tetrazole rings is 1. The molecule has 1 rings (SSSR count). The van der Waals surface area contributed by atoms with Crippen LogP contribution in [0.25, 0.3) is 0 Å². The molecule has 0 bridgehead atoms. The Morgan fingerprint density at radius 2 is 2.42 bits per heavy atom. The first-order valence-corrected chi connectivity index (χ1v) is 3.44. The monoisotopic (exact) mass is 171 g/mol. The van der Waals surface area contributed by atoms with Crippen molar-refractivity contribution < 1.29 is 9.90 Å². The van der Waals surface area contributed by atoms with Crippen molar-refractivity contribution >= 4 is 5.97 Å². The van der Waals surface area contributed by atoms with E-state index in [-0.39, 0.29) is 6.42 Å². The van der Waals surface area contributed by atoms with Gasteiger partial charge < -0.3 is 10.9 Å². The maximum absolute atomic E-state index is 10.1.